The summed E-state index contributed by atoms with van der Waals surface area (Å²) in [5.41, 5.74) is 2.45. The lowest BCUT2D eigenvalue weighted by molar-refractivity contribution is 0.255. The number of benzene rings is 2. The third-order valence-corrected chi connectivity index (χ3v) is 6.61. The van der Waals surface area contributed by atoms with Crippen molar-refractivity contribution in [3.05, 3.63) is 66.6 Å². The summed E-state index contributed by atoms with van der Waals surface area (Å²) in [6, 6.07) is 12.7. The molecular weight excluding hydrogens is 495 g/mol. The van der Waals surface area contributed by atoms with E-state index in [4.69, 9.17) is 4.74 Å². The number of hydrogen-bond acceptors (Lipinski definition) is 8. The zero-order valence-electron chi connectivity index (χ0n) is 20.4. The summed E-state index contributed by atoms with van der Waals surface area (Å²) in [6.45, 7) is 2.86. The highest BCUT2D eigenvalue weighted by atomic mass is 32.2. The van der Waals surface area contributed by atoms with Gasteiger partial charge >= 0.3 is 0 Å². The van der Waals surface area contributed by atoms with E-state index in [2.05, 4.69) is 30.3 Å². The van der Waals surface area contributed by atoms with Gasteiger partial charge in [0.2, 0.25) is 15.9 Å². The lowest BCUT2D eigenvalue weighted by Gasteiger charge is -2.26. The number of aryl methyl sites for hydroxylation is 1. The summed E-state index contributed by atoms with van der Waals surface area (Å²) in [7, 11) is -3.47. The summed E-state index contributed by atoms with van der Waals surface area (Å²) in [6.07, 6.45) is 5.42. The van der Waals surface area contributed by atoms with E-state index in [1.54, 1.807) is 24.7 Å². The number of nitrogens with zero attached hydrogens (tertiary/aromatic N) is 3. The van der Waals surface area contributed by atoms with Crippen LogP contribution in [0.15, 0.2) is 61.1 Å². The van der Waals surface area contributed by atoms with Crippen molar-refractivity contribution in [2.75, 3.05) is 29.4 Å². The zero-order chi connectivity index (χ0) is 26.0. The molecule has 2 aromatic carbocycles. The molecule has 0 bridgehead atoms. The third kappa shape index (κ3) is 5.78. The van der Waals surface area contributed by atoms with Crippen molar-refractivity contribution in [1.82, 2.24) is 20.3 Å². The van der Waals surface area contributed by atoms with Crippen LogP contribution in [0.2, 0.25) is 0 Å². The molecule has 3 N–H and O–H groups in total. The van der Waals surface area contributed by atoms with Crippen LogP contribution in [0.5, 0.6) is 11.6 Å². The van der Waals surface area contributed by atoms with Crippen LogP contribution in [0.1, 0.15) is 12.0 Å². The monoisotopic (exact) mass is 522 g/mol. The molecule has 0 spiro atoms. The first-order valence-corrected chi connectivity index (χ1v) is 13.7. The fraction of sp³-hybridized carbons (Fsp3) is 0.269. The predicted molar refractivity (Wildman–Crippen MR) is 142 cm³/mol. The molecule has 0 radical (unpaired) electrons. The second-order valence-electron chi connectivity index (χ2n) is 9.06. The van der Waals surface area contributed by atoms with Crippen molar-refractivity contribution in [2.24, 2.45) is 0 Å². The highest BCUT2D eigenvalue weighted by molar-refractivity contribution is 7.92. The highest BCUT2D eigenvalue weighted by Gasteiger charge is 2.22. The molecule has 1 saturated heterocycles. The smallest absolute Gasteiger partial charge is 0.246 e. The number of hydrogen-bond donors (Lipinski definition) is 3. The van der Waals surface area contributed by atoms with Gasteiger partial charge in [0.1, 0.15) is 23.4 Å². The Morgan fingerprint density at radius 2 is 1.81 bits per heavy atom. The van der Waals surface area contributed by atoms with Gasteiger partial charge in [-0.1, -0.05) is 24.3 Å². The van der Waals surface area contributed by atoms with Crippen LogP contribution in [0.25, 0.3) is 22.0 Å². The molecule has 0 amide bonds. The van der Waals surface area contributed by atoms with Crippen molar-refractivity contribution >= 4 is 32.3 Å². The molecule has 0 saturated carbocycles. The third-order valence-electron chi connectivity index (χ3n) is 6.02. The minimum Gasteiger partial charge on any atom is -0.436 e. The predicted octanol–water partition coefficient (Wildman–Crippen LogP) is 4.28. The average Bonchev–Trinajstić information content (AvgIpc) is 2.86. The first kappa shape index (κ1) is 24.8. The molecule has 9 nitrogen and oxygen atoms in total. The lowest BCUT2D eigenvalue weighted by atomic mass is 10.0. The van der Waals surface area contributed by atoms with Gasteiger partial charge < -0.3 is 15.4 Å². The Labute approximate surface area is 214 Å². The van der Waals surface area contributed by atoms with Gasteiger partial charge in [-0.15, -0.1) is 0 Å². The van der Waals surface area contributed by atoms with Crippen molar-refractivity contribution < 1.29 is 17.5 Å². The molecule has 3 heterocycles. The molecule has 2 aromatic heterocycles. The molecule has 2 unspecified atom stereocenters. The molecule has 2 atom stereocenters. The van der Waals surface area contributed by atoms with Gasteiger partial charge in [0.15, 0.2) is 0 Å². The fourth-order valence-corrected chi connectivity index (χ4v) is 5.04. The lowest BCUT2D eigenvalue weighted by Crippen LogP contribution is -2.44. The van der Waals surface area contributed by atoms with Gasteiger partial charge in [-0.2, -0.15) is 0 Å². The van der Waals surface area contributed by atoms with Crippen LogP contribution in [0.4, 0.5) is 15.9 Å². The number of sulfonamides is 1. The maximum atomic E-state index is 13.8. The Balaban J connectivity index is 1.49. The maximum Gasteiger partial charge on any atom is 0.246 e. The number of halogens is 1. The number of alkyl halides is 1. The molecule has 1 aliphatic heterocycles. The van der Waals surface area contributed by atoms with E-state index in [0.29, 0.717) is 53.7 Å². The Hall–Kier alpha value is -3.83. The van der Waals surface area contributed by atoms with Crippen LogP contribution in [0.3, 0.4) is 0 Å². The molecule has 192 valence electrons. The molecule has 11 heteroatoms. The van der Waals surface area contributed by atoms with Crippen molar-refractivity contribution in [3.63, 3.8) is 0 Å². The van der Waals surface area contributed by atoms with E-state index in [-0.39, 0.29) is 6.04 Å². The highest BCUT2D eigenvalue weighted by Crippen LogP contribution is 2.39. The first-order chi connectivity index (χ1) is 17.8. The Morgan fingerprint density at radius 1 is 1.03 bits per heavy atom. The number of rotatable bonds is 7. The van der Waals surface area contributed by atoms with E-state index >= 15 is 0 Å². The molecular formula is C26H27FN6O3S. The Morgan fingerprint density at radius 3 is 2.59 bits per heavy atom. The van der Waals surface area contributed by atoms with E-state index in [9.17, 15) is 12.8 Å². The number of fused-ring (bicyclic) bond motifs is 1. The summed E-state index contributed by atoms with van der Waals surface area (Å²) in [5, 5.41) is 7.79. The van der Waals surface area contributed by atoms with Crippen LogP contribution in [-0.2, 0) is 10.0 Å². The van der Waals surface area contributed by atoms with Gasteiger partial charge in [0.05, 0.1) is 11.9 Å². The number of aromatic nitrogens is 3. The van der Waals surface area contributed by atoms with E-state index in [1.165, 1.54) is 0 Å². The molecule has 5 rings (SSSR count). The summed E-state index contributed by atoms with van der Waals surface area (Å²) in [5.74, 6) is 1.44. The van der Waals surface area contributed by atoms with Crippen LogP contribution >= 0.6 is 0 Å². The van der Waals surface area contributed by atoms with Gasteiger partial charge in [0, 0.05) is 60.5 Å². The van der Waals surface area contributed by atoms with Crippen LogP contribution < -0.4 is 20.1 Å². The minimum atomic E-state index is -3.47. The Bertz CT molecular complexity index is 1550. The number of piperidine rings is 1. The van der Waals surface area contributed by atoms with E-state index in [1.807, 2.05) is 43.3 Å². The number of pyridine rings is 1. The summed E-state index contributed by atoms with van der Waals surface area (Å²) < 4.78 is 46.5. The standard InChI is InChI=1S/C26H27FN6O3S/c1-16-11-22(33-37(2,34)35)20-5-3-4-6-21(20)25(16)36-26-24(30-9-10-31-26)17-7-8-29-23(12-17)32-19-13-18(27)14-28-15-19/h3-12,18-19,28,33H,13-15H2,1-2H3,(H,29,32). The van der Waals surface area contributed by atoms with Gasteiger partial charge in [0.25, 0.3) is 0 Å². The van der Waals surface area contributed by atoms with Gasteiger partial charge in [-0.25, -0.2) is 27.8 Å². The molecule has 1 fully saturated rings. The molecule has 37 heavy (non-hydrogen) atoms. The van der Waals surface area contributed by atoms with Crippen LogP contribution in [0, 0.1) is 6.92 Å². The van der Waals surface area contributed by atoms with Crippen molar-refractivity contribution in [3.8, 4) is 22.9 Å². The van der Waals surface area contributed by atoms with Crippen molar-refractivity contribution in [2.45, 2.75) is 25.6 Å². The maximum absolute atomic E-state index is 13.8. The number of nitrogens with one attached hydrogen (secondary N) is 3. The topological polar surface area (TPSA) is 118 Å². The van der Waals surface area contributed by atoms with Gasteiger partial charge in [-0.05, 0) is 30.7 Å². The van der Waals surface area contributed by atoms with Crippen molar-refractivity contribution in [1.29, 1.82) is 0 Å². The average molecular weight is 523 g/mol. The first-order valence-electron chi connectivity index (χ1n) is 11.8. The largest absolute Gasteiger partial charge is 0.436 e. The minimum absolute atomic E-state index is 0.0721. The SMILES string of the molecule is Cc1cc(NS(C)(=O)=O)c2ccccc2c1Oc1nccnc1-c1ccnc(NC2CNCC(F)C2)c1. The second-order valence-corrected chi connectivity index (χ2v) is 10.8. The summed E-state index contributed by atoms with van der Waals surface area (Å²) in [4.78, 5) is 13.3. The molecule has 0 aliphatic carbocycles. The summed E-state index contributed by atoms with van der Waals surface area (Å²) >= 11 is 0. The fourth-order valence-electron chi connectivity index (χ4n) is 4.47. The normalized spacial score (nSPS) is 17.9. The second kappa shape index (κ2) is 10.3. The quantitative estimate of drug-likeness (QED) is 0.329. The van der Waals surface area contributed by atoms with E-state index < -0.39 is 16.2 Å². The van der Waals surface area contributed by atoms with Gasteiger partial charge in [-0.3, -0.25) is 4.72 Å². The molecule has 4 aromatic rings. The van der Waals surface area contributed by atoms with Crippen LogP contribution in [-0.4, -0.2) is 54.9 Å². The molecule has 1 aliphatic rings. The Kier molecular flexibility index (Phi) is 6.90. The number of ether oxygens (including phenoxy) is 1. The number of anilines is 2. The van der Waals surface area contributed by atoms with E-state index in [0.717, 1.165) is 22.8 Å². The zero-order valence-corrected chi connectivity index (χ0v) is 21.2.